The van der Waals surface area contributed by atoms with Crippen LogP contribution in [0, 0.1) is 25.2 Å². The van der Waals surface area contributed by atoms with Gasteiger partial charge in [0.05, 0.1) is 11.1 Å². The molecule has 0 unspecified atom stereocenters. The van der Waals surface area contributed by atoms with Gasteiger partial charge in [-0.25, -0.2) is 4.98 Å². The van der Waals surface area contributed by atoms with E-state index in [1.807, 2.05) is 26.0 Å². The molecule has 0 atom stereocenters. The van der Waals surface area contributed by atoms with E-state index >= 15 is 0 Å². The number of furan rings is 1. The summed E-state index contributed by atoms with van der Waals surface area (Å²) in [5.41, 5.74) is 0.908. The molecule has 16 heavy (non-hydrogen) atoms. The summed E-state index contributed by atoms with van der Waals surface area (Å²) >= 11 is 1.64. The van der Waals surface area contributed by atoms with Gasteiger partial charge in [-0.1, -0.05) is 0 Å². The molecule has 2 aromatic rings. The maximum Gasteiger partial charge on any atom is 0.153 e. The Balaban J connectivity index is 2.28. The Bertz CT molecular complexity index is 533. The van der Waals surface area contributed by atoms with E-state index in [1.54, 1.807) is 11.3 Å². The smallest absolute Gasteiger partial charge is 0.153 e. The molecule has 0 saturated heterocycles. The number of hydrogen-bond acceptors (Lipinski definition) is 4. The summed E-state index contributed by atoms with van der Waals surface area (Å²) in [5, 5.41) is 9.54. The average molecular weight is 232 g/mol. The number of hydrogen-bond donors (Lipinski definition) is 0. The van der Waals surface area contributed by atoms with Gasteiger partial charge in [0.25, 0.3) is 0 Å². The van der Waals surface area contributed by atoms with Crippen LogP contribution in [-0.2, 0) is 6.42 Å². The number of nitriles is 1. The van der Waals surface area contributed by atoms with Crippen LogP contribution in [-0.4, -0.2) is 4.98 Å². The van der Waals surface area contributed by atoms with Gasteiger partial charge < -0.3 is 4.42 Å². The molecule has 0 amide bonds. The predicted octanol–water partition coefficient (Wildman–Crippen LogP) is 3.48. The highest BCUT2D eigenvalue weighted by atomic mass is 32.1. The van der Waals surface area contributed by atoms with E-state index in [0.29, 0.717) is 6.42 Å². The quantitative estimate of drug-likeness (QED) is 0.814. The third kappa shape index (κ3) is 2.15. The topological polar surface area (TPSA) is 49.8 Å². The van der Waals surface area contributed by atoms with Crippen LogP contribution in [0.25, 0.3) is 11.5 Å². The normalized spacial score (nSPS) is 10.3. The maximum absolute atomic E-state index is 8.53. The molecule has 0 bridgehead atoms. The molecule has 0 radical (unpaired) electrons. The molecule has 2 heterocycles. The molecule has 0 spiro atoms. The zero-order valence-electron chi connectivity index (χ0n) is 9.28. The van der Waals surface area contributed by atoms with Gasteiger partial charge in [0.15, 0.2) is 5.76 Å². The van der Waals surface area contributed by atoms with Crippen LogP contribution in [0.4, 0.5) is 0 Å². The van der Waals surface area contributed by atoms with Crippen LogP contribution < -0.4 is 0 Å². The zero-order chi connectivity index (χ0) is 11.5. The van der Waals surface area contributed by atoms with Gasteiger partial charge in [-0.2, -0.15) is 5.26 Å². The Labute approximate surface area is 98.4 Å². The van der Waals surface area contributed by atoms with E-state index in [1.165, 1.54) is 0 Å². The highest BCUT2D eigenvalue weighted by Gasteiger charge is 2.12. The molecular weight excluding hydrogens is 220 g/mol. The molecule has 0 aromatic carbocycles. The van der Waals surface area contributed by atoms with E-state index in [4.69, 9.17) is 9.68 Å². The third-order valence-corrected chi connectivity index (χ3v) is 3.30. The minimum Gasteiger partial charge on any atom is -0.460 e. The third-order valence-electron chi connectivity index (χ3n) is 2.27. The first-order chi connectivity index (χ1) is 7.70. The summed E-state index contributed by atoms with van der Waals surface area (Å²) < 4.78 is 5.55. The molecule has 0 saturated carbocycles. The maximum atomic E-state index is 8.53. The van der Waals surface area contributed by atoms with Gasteiger partial charge in [0.2, 0.25) is 0 Å². The molecular formula is C12H12N2OS. The summed E-state index contributed by atoms with van der Waals surface area (Å²) in [6.07, 6.45) is 1.24. The minimum absolute atomic E-state index is 0.517. The van der Waals surface area contributed by atoms with Gasteiger partial charge in [-0.3, -0.25) is 0 Å². The number of nitrogens with zero attached hydrogens (tertiary/aromatic N) is 2. The van der Waals surface area contributed by atoms with Crippen molar-refractivity contribution in [3.05, 3.63) is 27.8 Å². The van der Waals surface area contributed by atoms with Crippen LogP contribution >= 0.6 is 11.3 Å². The largest absolute Gasteiger partial charge is 0.460 e. The first-order valence-corrected chi connectivity index (χ1v) is 5.92. The average Bonchev–Trinajstić information content (AvgIpc) is 2.82. The van der Waals surface area contributed by atoms with Gasteiger partial charge >= 0.3 is 0 Å². The molecule has 4 heteroatoms. The van der Waals surface area contributed by atoms with Crippen molar-refractivity contribution in [2.45, 2.75) is 26.7 Å². The first kappa shape index (κ1) is 10.9. The SMILES string of the molecule is Cc1ccc(-c2nc(CCC#N)sc2C)o1. The molecule has 0 fully saturated rings. The van der Waals surface area contributed by atoms with Crippen molar-refractivity contribution >= 4 is 11.3 Å². The second-order valence-electron chi connectivity index (χ2n) is 3.58. The van der Waals surface area contributed by atoms with Crippen LogP contribution in [0.5, 0.6) is 0 Å². The Kier molecular flexibility index (Phi) is 3.07. The van der Waals surface area contributed by atoms with Crippen molar-refractivity contribution < 1.29 is 4.42 Å². The molecule has 82 valence electrons. The molecule has 0 aliphatic heterocycles. The number of aryl methyl sites for hydroxylation is 3. The summed E-state index contributed by atoms with van der Waals surface area (Å²) in [4.78, 5) is 5.65. The monoisotopic (exact) mass is 232 g/mol. The molecule has 0 N–H and O–H groups in total. The molecule has 0 aliphatic carbocycles. The number of rotatable bonds is 3. The first-order valence-electron chi connectivity index (χ1n) is 5.11. The van der Waals surface area contributed by atoms with Gasteiger partial charge in [0.1, 0.15) is 11.5 Å². The minimum atomic E-state index is 0.517. The lowest BCUT2D eigenvalue weighted by Gasteiger charge is -1.91. The van der Waals surface area contributed by atoms with Crippen LogP contribution in [0.1, 0.15) is 22.1 Å². The molecule has 3 nitrogen and oxygen atoms in total. The summed E-state index contributed by atoms with van der Waals surface area (Å²) in [7, 11) is 0. The van der Waals surface area contributed by atoms with Gasteiger partial charge in [-0.15, -0.1) is 11.3 Å². The summed E-state index contributed by atoms with van der Waals surface area (Å²) in [5.74, 6) is 1.70. The molecule has 0 aliphatic rings. The standard InChI is InChI=1S/C12H12N2OS/c1-8-5-6-10(15-8)12-9(2)16-11(14-12)4-3-7-13/h5-6H,3-4H2,1-2H3. The van der Waals surface area contributed by atoms with E-state index < -0.39 is 0 Å². The fraction of sp³-hybridized carbons (Fsp3) is 0.333. The van der Waals surface area contributed by atoms with E-state index in [0.717, 1.165) is 33.5 Å². The number of aromatic nitrogens is 1. The van der Waals surface area contributed by atoms with E-state index in [9.17, 15) is 0 Å². The summed E-state index contributed by atoms with van der Waals surface area (Å²) in [6.45, 7) is 3.95. The Hall–Kier alpha value is -1.60. The fourth-order valence-corrected chi connectivity index (χ4v) is 2.45. The number of thiazole rings is 1. The van der Waals surface area contributed by atoms with Crippen molar-refractivity contribution in [2.75, 3.05) is 0 Å². The lowest BCUT2D eigenvalue weighted by molar-refractivity contribution is 0.546. The highest BCUT2D eigenvalue weighted by Crippen LogP contribution is 2.29. The lowest BCUT2D eigenvalue weighted by Crippen LogP contribution is -1.82. The van der Waals surface area contributed by atoms with Crippen LogP contribution in [0.3, 0.4) is 0 Å². The Morgan fingerprint density at radius 2 is 2.25 bits per heavy atom. The van der Waals surface area contributed by atoms with Gasteiger partial charge in [-0.05, 0) is 26.0 Å². The molecule has 2 rings (SSSR count). The fourth-order valence-electron chi connectivity index (χ4n) is 1.51. The van der Waals surface area contributed by atoms with Crippen molar-refractivity contribution in [3.63, 3.8) is 0 Å². The highest BCUT2D eigenvalue weighted by molar-refractivity contribution is 7.12. The van der Waals surface area contributed by atoms with Crippen LogP contribution in [0.15, 0.2) is 16.5 Å². The molecule has 2 aromatic heterocycles. The Morgan fingerprint density at radius 3 is 2.88 bits per heavy atom. The van der Waals surface area contributed by atoms with Crippen molar-refractivity contribution in [1.82, 2.24) is 4.98 Å². The van der Waals surface area contributed by atoms with E-state index in [-0.39, 0.29) is 0 Å². The van der Waals surface area contributed by atoms with Crippen molar-refractivity contribution in [2.24, 2.45) is 0 Å². The van der Waals surface area contributed by atoms with Crippen molar-refractivity contribution in [3.8, 4) is 17.5 Å². The van der Waals surface area contributed by atoms with Crippen molar-refractivity contribution in [1.29, 1.82) is 5.26 Å². The Morgan fingerprint density at radius 1 is 1.44 bits per heavy atom. The summed E-state index contributed by atoms with van der Waals surface area (Å²) in [6, 6.07) is 6.00. The predicted molar refractivity (Wildman–Crippen MR) is 63.2 cm³/mol. The van der Waals surface area contributed by atoms with Gasteiger partial charge in [0, 0.05) is 17.7 Å². The van der Waals surface area contributed by atoms with E-state index in [2.05, 4.69) is 11.1 Å². The zero-order valence-corrected chi connectivity index (χ0v) is 10.1. The second kappa shape index (κ2) is 4.50. The lowest BCUT2D eigenvalue weighted by atomic mass is 10.3. The second-order valence-corrected chi connectivity index (χ2v) is 4.87. The van der Waals surface area contributed by atoms with Crippen LogP contribution in [0.2, 0.25) is 0 Å².